The summed E-state index contributed by atoms with van der Waals surface area (Å²) in [6.07, 6.45) is -0.225. The van der Waals surface area contributed by atoms with Crippen molar-refractivity contribution in [1.29, 1.82) is 0 Å². The van der Waals surface area contributed by atoms with Crippen molar-refractivity contribution in [2.45, 2.75) is 18.9 Å². The first-order chi connectivity index (χ1) is 11.5. The largest absolute Gasteiger partial charge is 0.388 e. The number of carbonyl (C=O) groups is 1. The van der Waals surface area contributed by atoms with Crippen molar-refractivity contribution in [3.05, 3.63) is 74.8 Å². The fraction of sp³-hybridized carbons (Fsp3) is 0.235. The fourth-order valence-corrected chi connectivity index (χ4v) is 2.46. The molecule has 0 spiro atoms. The summed E-state index contributed by atoms with van der Waals surface area (Å²) < 4.78 is 0. The Bertz CT molecular complexity index is 722. The van der Waals surface area contributed by atoms with Crippen molar-refractivity contribution in [2.75, 3.05) is 6.54 Å². The van der Waals surface area contributed by atoms with Gasteiger partial charge in [-0.25, -0.2) is 0 Å². The first-order valence-corrected chi connectivity index (χ1v) is 7.77. The average Bonchev–Trinajstić information content (AvgIpc) is 2.57. The lowest BCUT2D eigenvalue weighted by molar-refractivity contribution is -0.384. The Kier molecular flexibility index (Phi) is 6.28. The van der Waals surface area contributed by atoms with E-state index in [1.807, 2.05) is 30.3 Å². The highest BCUT2D eigenvalue weighted by Gasteiger charge is 2.13. The van der Waals surface area contributed by atoms with Gasteiger partial charge in [0.15, 0.2) is 0 Å². The summed E-state index contributed by atoms with van der Waals surface area (Å²) in [5, 5.41) is 23.6. The average molecular weight is 349 g/mol. The smallest absolute Gasteiger partial charge is 0.270 e. The van der Waals surface area contributed by atoms with Crippen molar-refractivity contribution in [3.63, 3.8) is 0 Å². The Balaban J connectivity index is 1.82. The minimum absolute atomic E-state index is 0.0261. The maximum absolute atomic E-state index is 11.9. The Morgan fingerprint density at radius 3 is 2.58 bits per heavy atom. The van der Waals surface area contributed by atoms with E-state index in [0.29, 0.717) is 18.5 Å². The Labute approximate surface area is 144 Å². The molecule has 0 heterocycles. The van der Waals surface area contributed by atoms with Crippen LogP contribution in [0.1, 0.15) is 23.7 Å². The second-order valence-electron chi connectivity index (χ2n) is 5.27. The van der Waals surface area contributed by atoms with Gasteiger partial charge in [-0.2, -0.15) is 0 Å². The van der Waals surface area contributed by atoms with E-state index < -0.39 is 11.0 Å². The number of nitro benzene ring substituents is 1. The fourth-order valence-electron chi connectivity index (χ4n) is 2.22. The van der Waals surface area contributed by atoms with Crippen molar-refractivity contribution in [2.24, 2.45) is 0 Å². The molecule has 1 atom stereocenters. The lowest BCUT2D eigenvalue weighted by Gasteiger charge is -2.12. The Morgan fingerprint density at radius 2 is 1.96 bits per heavy atom. The van der Waals surface area contributed by atoms with Crippen LogP contribution < -0.4 is 5.32 Å². The highest BCUT2D eigenvalue weighted by atomic mass is 35.5. The van der Waals surface area contributed by atoms with Crippen molar-refractivity contribution < 1.29 is 14.8 Å². The van der Waals surface area contributed by atoms with E-state index in [0.717, 1.165) is 5.56 Å². The first-order valence-electron chi connectivity index (χ1n) is 7.40. The van der Waals surface area contributed by atoms with Crippen LogP contribution in [0.5, 0.6) is 0 Å². The summed E-state index contributed by atoms with van der Waals surface area (Å²) in [7, 11) is 0. The van der Waals surface area contributed by atoms with E-state index in [9.17, 15) is 20.0 Å². The molecule has 0 aliphatic rings. The van der Waals surface area contributed by atoms with Crippen LogP contribution in [0.2, 0.25) is 5.02 Å². The predicted molar refractivity (Wildman–Crippen MR) is 90.8 cm³/mol. The second kappa shape index (κ2) is 8.42. The Hall–Kier alpha value is -2.44. The van der Waals surface area contributed by atoms with Crippen molar-refractivity contribution in [3.8, 4) is 0 Å². The molecule has 2 N–H and O–H groups in total. The first kappa shape index (κ1) is 17.9. The maximum Gasteiger partial charge on any atom is 0.270 e. The van der Waals surface area contributed by atoms with Crippen LogP contribution in [0.25, 0.3) is 0 Å². The van der Waals surface area contributed by atoms with Gasteiger partial charge in [-0.3, -0.25) is 14.9 Å². The third-order valence-electron chi connectivity index (χ3n) is 3.52. The van der Waals surface area contributed by atoms with Crippen LogP contribution in [-0.4, -0.2) is 22.5 Å². The van der Waals surface area contributed by atoms with Crippen LogP contribution in [0.15, 0.2) is 48.5 Å². The minimum atomic E-state index is -0.644. The van der Waals surface area contributed by atoms with E-state index in [1.54, 1.807) is 0 Å². The summed E-state index contributed by atoms with van der Waals surface area (Å²) in [4.78, 5) is 22.0. The summed E-state index contributed by atoms with van der Waals surface area (Å²) in [5.41, 5.74) is 1.20. The molecule has 2 aromatic rings. The number of nitro groups is 1. The van der Waals surface area contributed by atoms with Gasteiger partial charge < -0.3 is 10.4 Å². The van der Waals surface area contributed by atoms with Gasteiger partial charge in [0, 0.05) is 18.7 Å². The molecule has 126 valence electrons. The summed E-state index contributed by atoms with van der Waals surface area (Å²) >= 11 is 5.96. The second-order valence-corrected chi connectivity index (χ2v) is 5.68. The number of aliphatic hydroxyl groups is 1. The number of aliphatic hydroxyl groups excluding tert-OH is 1. The molecule has 0 aromatic heterocycles. The lowest BCUT2D eigenvalue weighted by atomic mass is 10.1. The van der Waals surface area contributed by atoms with E-state index in [4.69, 9.17) is 11.6 Å². The molecule has 1 unspecified atom stereocenters. The molecule has 0 saturated carbocycles. The number of halogens is 1. The predicted octanol–water partition coefficient (Wildman–Crippen LogP) is 3.03. The number of hydrogen-bond acceptors (Lipinski definition) is 4. The van der Waals surface area contributed by atoms with Crippen LogP contribution >= 0.6 is 11.6 Å². The molecule has 2 rings (SSSR count). The SMILES string of the molecule is O=C(Cc1ccc([N+](=O)[O-])cc1Cl)NCCC(O)c1ccccc1. The molecule has 0 aliphatic carbocycles. The van der Waals surface area contributed by atoms with Gasteiger partial charge in [0.05, 0.1) is 22.5 Å². The molecule has 2 aromatic carbocycles. The van der Waals surface area contributed by atoms with Crippen LogP contribution in [0, 0.1) is 10.1 Å². The molecule has 1 amide bonds. The summed E-state index contributed by atoms with van der Waals surface area (Å²) in [6, 6.07) is 13.2. The van der Waals surface area contributed by atoms with Gasteiger partial charge in [0.1, 0.15) is 0 Å². The normalized spacial score (nSPS) is 11.8. The van der Waals surface area contributed by atoms with Crippen molar-refractivity contribution >= 4 is 23.2 Å². The molecule has 0 fully saturated rings. The Morgan fingerprint density at radius 1 is 1.25 bits per heavy atom. The highest BCUT2D eigenvalue weighted by molar-refractivity contribution is 6.31. The molecule has 0 aliphatic heterocycles. The molecular formula is C17H17ClN2O4. The topological polar surface area (TPSA) is 92.5 Å². The van der Waals surface area contributed by atoms with E-state index in [2.05, 4.69) is 5.32 Å². The van der Waals surface area contributed by atoms with Gasteiger partial charge in [-0.05, 0) is 17.5 Å². The van der Waals surface area contributed by atoms with Gasteiger partial charge >= 0.3 is 0 Å². The number of nitrogens with zero attached hydrogens (tertiary/aromatic N) is 1. The number of rotatable bonds is 7. The zero-order valence-electron chi connectivity index (χ0n) is 12.8. The summed E-state index contributed by atoms with van der Waals surface area (Å²) in [6.45, 7) is 0.319. The lowest BCUT2D eigenvalue weighted by Crippen LogP contribution is -2.27. The number of hydrogen-bond donors (Lipinski definition) is 2. The number of nitrogens with one attached hydrogen (secondary N) is 1. The van der Waals surface area contributed by atoms with Gasteiger partial charge in [-0.15, -0.1) is 0 Å². The zero-order valence-corrected chi connectivity index (χ0v) is 13.6. The third kappa shape index (κ3) is 5.04. The number of non-ortho nitro benzene ring substituents is 1. The third-order valence-corrected chi connectivity index (χ3v) is 3.87. The van der Waals surface area contributed by atoms with E-state index in [-0.39, 0.29) is 23.0 Å². The highest BCUT2D eigenvalue weighted by Crippen LogP contribution is 2.22. The van der Waals surface area contributed by atoms with Gasteiger partial charge in [0.25, 0.3) is 5.69 Å². The molecule has 0 saturated heterocycles. The van der Waals surface area contributed by atoms with Crippen LogP contribution in [-0.2, 0) is 11.2 Å². The van der Waals surface area contributed by atoms with Crippen LogP contribution in [0.3, 0.4) is 0 Å². The molecule has 6 nitrogen and oxygen atoms in total. The molecule has 7 heteroatoms. The van der Waals surface area contributed by atoms with Gasteiger partial charge in [0.2, 0.25) is 5.91 Å². The molecule has 0 radical (unpaired) electrons. The van der Waals surface area contributed by atoms with Gasteiger partial charge in [-0.1, -0.05) is 48.0 Å². The quantitative estimate of drug-likeness (QED) is 0.594. The van der Waals surface area contributed by atoms with E-state index >= 15 is 0 Å². The zero-order chi connectivity index (χ0) is 17.5. The van der Waals surface area contributed by atoms with E-state index in [1.165, 1.54) is 18.2 Å². The van der Waals surface area contributed by atoms with Crippen molar-refractivity contribution in [1.82, 2.24) is 5.32 Å². The number of amides is 1. The minimum Gasteiger partial charge on any atom is -0.388 e. The maximum atomic E-state index is 11.9. The molecule has 24 heavy (non-hydrogen) atoms. The van der Waals surface area contributed by atoms with Crippen LogP contribution in [0.4, 0.5) is 5.69 Å². The standard InChI is InChI=1S/C17H17ClN2O4/c18-15-11-14(20(23)24)7-6-13(15)10-17(22)19-9-8-16(21)12-4-2-1-3-5-12/h1-7,11,16,21H,8-10H2,(H,19,22). The molecule has 0 bridgehead atoms. The number of benzene rings is 2. The monoisotopic (exact) mass is 348 g/mol. The molecular weight excluding hydrogens is 332 g/mol. The number of carbonyl (C=O) groups excluding carboxylic acids is 1. The summed E-state index contributed by atoms with van der Waals surface area (Å²) in [5.74, 6) is -0.258.